The zero-order chi connectivity index (χ0) is 32.5. The van der Waals surface area contributed by atoms with Gasteiger partial charge in [-0.05, 0) is 83.8 Å². The molecule has 13 heteroatoms. The van der Waals surface area contributed by atoms with Crippen molar-refractivity contribution < 1.29 is 48.3 Å². The van der Waals surface area contributed by atoms with Crippen molar-refractivity contribution in [2.75, 3.05) is 47.6 Å². The lowest BCUT2D eigenvalue weighted by molar-refractivity contribution is -0.148. The number of rotatable bonds is 14. The highest BCUT2D eigenvalue weighted by molar-refractivity contribution is 14.1. The van der Waals surface area contributed by atoms with Crippen LogP contribution in [0.25, 0.3) is 0 Å². The molecule has 1 saturated heterocycles. The molecule has 0 aromatic heterocycles. The third-order valence-electron chi connectivity index (χ3n) is 7.85. The number of methoxy groups -OCH3 is 3. The number of aliphatic hydroxyl groups is 2. The molecule has 4 rings (SSSR count). The van der Waals surface area contributed by atoms with Crippen LogP contribution < -0.4 is 24.3 Å². The fourth-order valence-corrected chi connectivity index (χ4v) is 6.31. The molecule has 0 saturated carbocycles. The quantitative estimate of drug-likeness (QED) is 0.195. The number of amides is 2. The summed E-state index contributed by atoms with van der Waals surface area (Å²) in [5.74, 6) is 1.05. The summed E-state index contributed by atoms with van der Waals surface area (Å²) < 4.78 is 29.1. The lowest BCUT2D eigenvalue weighted by Crippen LogP contribution is -2.57. The number of aliphatic hydroxyl groups excluding tert-OH is 2. The molecule has 2 amide bonds. The molecule has 2 aromatic rings. The van der Waals surface area contributed by atoms with Crippen LogP contribution in [0.1, 0.15) is 35.2 Å². The topological polar surface area (TPSA) is 153 Å². The Labute approximate surface area is 275 Å². The normalized spacial score (nSPS) is 21.0. The highest BCUT2D eigenvalue weighted by Gasteiger charge is 2.43. The van der Waals surface area contributed by atoms with Crippen molar-refractivity contribution in [1.82, 2.24) is 10.2 Å². The minimum Gasteiger partial charge on any atom is -0.497 e. The first kappa shape index (κ1) is 34.5. The van der Waals surface area contributed by atoms with Gasteiger partial charge >= 0.3 is 0 Å². The van der Waals surface area contributed by atoms with E-state index in [4.69, 9.17) is 23.7 Å². The van der Waals surface area contributed by atoms with Crippen molar-refractivity contribution in [3.8, 4) is 23.0 Å². The predicted molar refractivity (Wildman–Crippen MR) is 172 cm³/mol. The molecule has 2 aliphatic rings. The molecule has 1 fully saturated rings. The summed E-state index contributed by atoms with van der Waals surface area (Å²) >= 11 is 2.01. The third-order valence-corrected chi connectivity index (χ3v) is 8.66. The highest BCUT2D eigenvalue weighted by Crippen LogP contribution is 2.37. The molecule has 1 heterocycles. The summed E-state index contributed by atoms with van der Waals surface area (Å²) in [6.45, 7) is 0.408. The first-order chi connectivity index (χ1) is 21.7. The van der Waals surface area contributed by atoms with Crippen molar-refractivity contribution >= 4 is 40.7 Å². The van der Waals surface area contributed by atoms with Crippen molar-refractivity contribution in [3.63, 3.8) is 0 Å². The Balaban J connectivity index is 1.72. The predicted octanol–water partition coefficient (Wildman–Crippen LogP) is 2.30. The maximum absolute atomic E-state index is 14.0. The van der Waals surface area contributed by atoms with Crippen LogP contribution in [0, 0.1) is 3.57 Å². The van der Waals surface area contributed by atoms with Crippen molar-refractivity contribution in [3.05, 3.63) is 56.7 Å². The van der Waals surface area contributed by atoms with E-state index >= 15 is 0 Å². The first-order valence-electron chi connectivity index (χ1n) is 14.6. The number of hydrogen-bond acceptors (Lipinski definition) is 10. The maximum Gasteiger partial charge on any atom is 0.252 e. The summed E-state index contributed by atoms with van der Waals surface area (Å²) in [5, 5.41) is 23.8. The summed E-state index contributed by atoms with van der Waals surface area (Å²) in [6, 6.07) is 7.67. The third kappa shape index (κ3) is 8.26. The monoisotopic (exact) mass is 738 g/mol. The van der Waals surface area contributed by atoms with Gasteiger partial charge in [0.1, 0.15) is 36.1 Å². The van der Waals surface area contributed by atoms with E-state index in [1.165, 1.54) is 19.3 Å². The average molecular weight is 739 g/mol. The van der Waals surface area contributed by atoms with E-state index in [1.807, 2.05) is 28.7 Å². The molecule has 12 nitrogen and oxygen atoms in total. The Morgan fingerprint density at radius 2 is 1.91 bits per heavy atom. The Morgan fingerprint density at radius 3 is 2.56 bits per heavy atom. The number of aldehydes is 1. The van der Waals surface area contributed by atoms with Gasteiger partial charge in [-0.15, -0.1) is 0 Å². The van der Waals surface area contributed by atoms with Crippen LogP contribution >= 0.6 is 22.6 Å². The fraction of sp³-hybridized carbons (Fsp3) is 0.469. The smallest absolute Gasteiger partial charge is 0.252 e. The Bertz CT molecular complexity index is 1390. The van der Waals surface area contributed by atoms with E-state index in [0.29, 0.717) is 46.4 Å². The van der Waals surface area contributed by atoms with E-state index in [0.717, 1.165) is 12.0 Å². The molecule has 4 atom stereocenters. The number of benzene rings is 2. The Kier molecular flexibility index (Phi) is 12.4. The van der Waals surface area contributed by atoms with Crippen LogP contribution in [0.3, 0.4) is 0 Å². The molecular weight excluding hydrogens is 699 g/mol. The molecule has 3 N–H and O–H groups in total. The van der Waals surface area contributed by atoms with Crippen LogP contribution in [0.2, 0.25) is 0 Å². The van der Waals surface area contributed by atoms with Crippen LogP contribution in [-0.4, -0.2) is 105 Å². The SMILES string of the molecule is COc1ccc(OC)c(CCN(C(=O)C2CCCO2)C2CC(C(=O)NCCO)=CC(Oc3c(I)cc(C=O)cc3OC)C2O)c1. The van der Waals surface area contributed by atoms with E-state index in [9.17, 15) is 24.6 Å². The molecule has 2 aromatic carbocycles. The summed E-state index contributed by atoms with van der Waals surface area (Å²) in [5.41, 5.74) is 1.46. The molecular formula is C32H39IN2O10. The zero-order valence-electron chi connectivity index (χ0n) is 25.5. The maximum atomic E-state index is 14.0. The minimum atomic E-state index is -1.26. The fourth-order valence-electron chi connectivity index (χ4n) is 5.55. The van der Waals surface area contributed by atoms with Gasteiger partial charge < -0.3 is 44.1 Å². The summed E-state index contributed by atoms with van der Waals surface area (Å²) in [7, 11) is 4.56. The van der Waals surface area contributed by atoms with E-state index in [1.54, 1.807) is 37.3 Å². The van der Waals surface area contributed by atoms with Gasteiger partial charge in [-0.25, -0.2) is 0 Å². The van der Waals surface area contributed by atoms with E-state index < -0.39 is 30.3 Å². The zero-order valence-corrected chi connectivity index (χ0v) is 27.7. The van der Waals surface area contributed by atoms with E-state index in [2.05, 4.69) is 5.32 Å². The van der Waals surface area contributed by atoms with E-state index in [-0.39, 0.29) is 49.1 Å². The number of halogens is 1. The molecule has 244 valence electrons. The summed E-state index contributed by atoms with van der Waals surface area (Å²) in [4.78, 5) is 40.2. The molecule has 45 heavy (non-hydrogen) atoms. The molecule has 4 unspecified atom stereocenters. The second kappa shape index (κ2) is 16.2. The van der Waals surface area contributed by atoms with Gasteiger partial charge in [0.05, 0.1) is 37.5 Å². The van der Waals surface area contributed by atoms with Crippen LogP contribution in [0.5, 0.6) is 23.0 Å². The number of carbonyl (C=O) groups is 3. The van der Waals surface area contributed by atoms with Gasteiger partial charge in [-0.1, -0.05) is 0 Å². The van der Waals surface area contributed by atoms with Gasteiger partial charge in [0, 0.05) is 37.3 Å². The molecule has 1 aliphatic carbocycles. The number of hydrogen-bond donors (Lipinski definition) is 3. The molecule has 0 spiro atoms. The number of nitrogens with one attached hydrogen (secondary N) is 1. The lowest BCUT2D eigenvalue weighted by Gasteiger charge is -2.41. The van der Waals surface area contributed by atoms with Gasteiger partial charge in [-0.2, -0.15) is 0 Å². The average Bonchev–Trinajstić information content (AvgIpc) is 3.60. The number of ether oxygens (including phenoxy) is 5. The van der Waals surface area contributed by atoms with Crippen LogP contribution in [0.15, 0.2) is 42.0 Å². The standard InChI is InChI=1S/C32H39IN2O10/c1-41-22-6-7-25(42-2)20(15-22)8-10-35(32(40)26-5-4-12-44-26)24-16-21(31(39)34-9-11-36)17-27(29(24)38)45-30-23(33)13-19(18-37)14-28(30)43-3/h6-7,13-15,17-18,24,26-27,29,36,38H,4-5,8-12,16H2,1-3H3,(H,34,39). The minimum absolute atomic E-state index is 0.0298. The van der Waals surface area contributed by atoms with Crippen LogP contribution in [0.4, 0.5) is 0 Å². The summed E-state index contributed by atoms with van der Waals surface area (Å²) in [6.07, 6.45) is 0.865. The van der Waals surface area contributed by atoms with Crippen LogP contribution in [-0.2, 0) is 20.7 Å². The van der Waals surface area contributed by atoms with Crippen molar-refractivity contribution in [2.24, 2.45) is 0 Å². The Morgan fingerprint density at radius 1 is 1.13 bits per heavy atom. The lowest BCUT2D eigenvalue weighted by atomic mass is 9.87. The highest BCUT2D eigenvalue weighted by atomic mass is 127. The Hall–Kier alpha value is -3.40. The second-order valence-corrected chi connectivity index (χ2v) is 11.8. The second-order valence-electron chi connectivity index (χ2n) is 10.6. The van der Waals surface area contributed by atoms with Gasteiger partial charge in [0.25, 0.3) is 5.91 Å². The molecule has 0 bridgehead atoms. The first-order valence-corrected chi connectivity index (χ1v) is 15.7. The molecule has 0 radical (unpaired) electrons. The van der Waals surface area contributed by atoms with Crippen molar-refractivity contribution in [2.45, 2.75) is 50.0 Å². The molecule has 1 aliphatic heterocycles. The number of carbonyl (C=O) groups excluding carboxylic acids is 3. The van der Waals surface area contributed by atoms with Gasteiger partial charge in [-0.3, -0.25) is 14.4 Å². The van der Waals surface area contributed by atoms with Gasteiger partial charge in [0.2, 0.25) is 5.91 Å². The number of nitrogens with zero attached hydrogens (tertiary/aromatic N) is 1. The largest absolute Gasteiger partial charge is 0.497 e. The van der Waals surface area contributed by atoms with Gasteiger partial charge in [0.15, 0.2) is 11.5 Å². The van der Waals surface area contributed by atoms with Crippen molar-refractivity contribution in [1.29, 1.82) is 0 Å².